The summed E-state index contributed by atoms with van der Waals surface area (Å²) in [6.07, 6.45) is 3.86. The number of carbonyl (C=O) groups excluding carboxylic acids is 1. The molecule has 1 aromatic carbocycles. The minimum Gasteiger partial charge on any atom is -0.330 e. The number of fused-ring (bicyclic) bond motifs is 2. The summed E-state index contributed by atoms with van der Waals surface area (Å²) in [5, 5.41) is 2.57. The van der Waals surface area contributed by atoms with Gasteiger partial charge in [-0.2, -0.15) is 0 Å². The van der Waals surface area contributed by atoms with Crippen LogP contribution in [0.1, 0.15) is 30.8 Å². The van der Waals surface area contributed by atoms with Crippen LogP contribution in [0, 0.1) is 12.7 Å². The first-order valence-corrected chi connectivity index (χ1v) is 9.18. The van der Waals surface area contributed by atoms with Gasteiger partial charge in [-0.25, -0.2) is 9.37 Å². The fraction of sp³-hybridized carbons (Fsp3) is 0.350. The van der Waals surface area contributed by atoms with Crippen molar-refractivity contribution in [2.24, 2.45) is 0 Å². The van der Waals surface area contributed by atoms with Crippen molar-refractivity contribution in [3.05, 3.63) is 58.0 Å². The number of para-hydroxylation sites is 1. The van der Waals surface area contributed by atoms with Crippen LogP contribution in [0.5, 0.6) is 0 Å². The number of benzene rings is 1. The molecule has 27 heavy (non-hydrogen) atoms. The van der Waals surface area contributed by atoms with Gasteiger partial charge in [0.05, 0.1) is 11.2 Å². The van der Waals surface area contributed by atoms with Crippen LogP contribution in [0.15, 0.2) is 35.1 Å². The zero-order valence-corrected chi connectivity index (χ0v) is 15.2. The van der Waals surface area contributed by atoms with Crippen LogP contribution in [-0.2, 0) is 24.3 Å². The van der Waals surface area contributed by atoms with E-state index in [9.17, 15) is 14.0 Å². The summed E-state index contributed by atoms with van der Waals surface area (Å²) < 4.78 is 17.2. The van der Waals surface area contributed by atoms with Crippen molar-refractivity contribution in [2.75, 3.05) is 5.32 Å². The minimum absolute atomic E-state index is 0.0695. The summed E-state index contributed by atoms with van der Waals surface area (Å²) in [6.45, 7) is 2.43. The van der Waals surface area contributed by atoms with Crippen LogP contribution in [-0.4, -0.2) is 20.0 Å². The molecule has 0 bridgehead atoms. The first-order valence-electron chi connectivity index (χ1n) is 9.18. The highest BCUT2D eigenvalue weighted by atomic mass is 19.1. The van der Waals surface area contributed by atoms with E-state index in [-0.39, 0.29) is 23.7 Å². The molecule has 3 heterocycles. The van der Waals surface area contributed by atoms with Gasteiger partial charge in [0, 0.05) is 18.7 Å². The monoisotopic (exact) mass is 368 g/mol. The number of hydrogen-bond acceptors (Lipinski definition) is 3. The molecule has 3 aromatic rings. The molecule has 140 valence electrons. The Bertz CT molecular complexity index is 1080. The molecule has 4 rings (SSSR count). The van der Waals surface area contributed by atoms with Gasteiger partial charge in [0.15, 0.2) is 0 Å². The van der Waals surface area contributed by atoms with Crippen molar-refractivity contribution in [3.8, 4) is 0 Å². The van der Waals surface area contributed by atoms with Crippen LogP contribution < -0.4 is 10.9 Å². The summed E-state index contributed by atoms with van der Waals surface area (Å²) in [5.74, 6) is -0.0648. The summed E-state index contributed by atoms with van der Waals surface area (Å²) in [6, 6.07) is 7.84. The van der Waals surface area contributed by atoms with Gasteiger partial charge in [0.25, 0.3) is 5.56 Å². The predicted molar refractivity (Wildman–Crippen MR) is 101 cm³/mol. The maximum absolute atomic E-state index is 13.8. The van der Waals surface area contributed by atoms with E-state index < -0.39 is 5.82 Å². The van der Waals surface area contributed by atoms with Crippen molar-refractivity contribution >= 4 is 22.6 Å². The molecule has 0 atom stereocenters. The smallest absolute Gasteiger partial charge is 0.278 e. The third-order valence-electron chi connectivity index (χ3n) is 5.02. The fourth-order valence-electron chi connectivity index (χ4n) is 3.66. The third kappa shape index (κ3) is 3.25. The average Bonchev–Trinajstić information content (AvgIpc) is 2.81. The largest absolute Gasteiger partial charge is 0.330 e. The second-order valence-electron chi connectivity index (χ2n) is 6.93. The van der Waals surface area contributed by atoms with Crippen molar-refractivity contribution < 1.29 is 9.18 Å². The third-order valence-corrected chi connectivity index (χ3v) is 5.02. The number of nitrogens with one attached hydrogen (secondary N) is 1. The van der Waals surface area contributed by atoms with Crippen LogP contribution in [0.4, 0.5) is 10.1 Å². The fourth-order valence-corrected chi connectivity index (χ4v) is 3.66. The molecule has 0 spiro atoms. The van der Waals surface area contributed by atoms with Gasteiger partial charge in [-0.05, 0) is 38.0 Å². The Labute approximate surface area is 155 Å². The van der Waals surface area contributed by atoms with E-state index in [1.165, 1.54) is 12.1 Å². The molecule has 0 saturated carbocycles. The van der Waals surface area contributed by atoms with E-state index in [1.807, 2.05) is 13.0 Å². The molecule has 0 fully saturated rings. The molecule has 0 unspecified atom stereocenters. The maximum Gasteiger partial charge on any atom is 0.278 e. The Hall–Kier alpha value is -2.96. The number of anilines is 1. The van der Waals surface area contributed by atoms with Crippen LogP contribution >= 0.6 is 0 Å². The molecule has 6 nitrogen and oxygen atoms in total. The van der Waals surface area contributed by atoms with E-state index in [0.717, 1.165) is 37.2 Å². The second-order valence-corrected chi connectivity index (χ2v) is 6.93. The van der Waals surface area contributed by atoms with Crippen molar-refractivity contribution in [1.82, 2.24) is 14.1 Å². The number of nitrogens with zero attached hydrogens (tertiary/aromatic N) is 3. The van der Waals surface area contributed by atoms with E-state index in [2.05, 4.69) is 10.3 Å². The topological polar surface area (TPSA) is 68.9 Å². The standard InChI is InChI=1S/C20H21FN4O2/c1-13-11-16-19(20(27)24-10-6-2-3-9-17(24)22-16)25(13)12-18(26)23-15-8-5-4-7-14(15)21/h4-5,7-8,11H,2-3,6,9-10,12H2,1H3,(H,23,26). The normalized spacial score (nSPS) is 14.0. The van der Waals surface area contributed by atoms with Gasteiger partial charge in [-0.3, -0.25) is 14.2 Å². The van der Waals surface area contributed by atoms with Gasteiger partial charge in [-0.15, -0.1) is 0 Å². The Kier molecular flexibility index (Phi) is 4.51. The van der Waals surface area contributed by atoms with E-state index in [1.54, 1.807) is 21.3 Å². The highest BCUT2D eigenvalue weighted by Crippen LogP contribution is 2.19. The van der Waals surface area contributed by atoms with Crippen LogP contribution in [0.2, 0.25) is 0 Å². The van der Waals surface area contributed by atoms with Crippen LogP contribution in [0.3, 0.4) is 0 Å². The predicted octanol–water partition coefficient (Wildman–Crippen LogP) is 3.01. The average molecular weight is 368 g/mol. The number of carbonyl (C=O) groups is 1. The lowest BCUT2D eigenvalue weighted by Crippen LogP contribution is -2.28. The van der Waals surface area contributed by atoms with Gasteiger partial charge in [-0.1, -0.05) is 18.6 Å². The highest BCUT2D eigenvalue weighted by molar-refractivity contribution is 5.92. The van der Waals surface area contributed by atoms with Crippen molar-refractivity contribution in [1.29, 1.82) is 0 Å². The van der Waals surface area contributed by atoms with Gasteiger partial charge in [0.2, 0.25) is 5.91 Å². The number of halogens is 1. The summed E-state index contributed by atoms with van der Waals surface area (Å²) in [7, 11) is 0. The lowest BCUT2D eigenvalue weighted by Gasteiger charge is -2.12. The molecular formula is C20H21FN4O2. The molecule has 2 aromatic heterocycles. The van der Waals surface area contributed by atoms with Gasteiger partial charge < -0.3 is 9.88 Å². The molecule has 0 saturated heterocycles. The Morgan fingerprint density at radius 2 is 2.07 bits per heavy atom. The molecule has 1 N–H and O–H groups in total. The number of rotatable bonds is 3. The van der Waals surface area contributed by atoms with E-state index in [0.29, 0.717) is 17.6 Å². The highest BCUT2D eigenvalue weighted by Gasteiger charge is 2.19. The Morgan fingerprint density at radius 3 is 2.89 bits per heavy atom. The lowest BCUT2D eigenvalue weighted by atomic mass is 10.2. The van der Waals surface area contributed by atoms with Crippen molar-refractivity contribution in [2.45, 2.75) is 45.7 Å². The zero-order chi connectivity index (χ0) is 19.0. The summed E-state index contributed by atoms with van der Waals surface area (Å²) in [4.78, 5) is 30.2. The molecule has 0 radical (unpaired) electrons. The number of aryl methyl sites for hydroxylation is 2. The molecular weight excluding hydrogens is 347 g/mol. The second kappa shape index (κ2) is 6.98. The van der Waals surface area contributed by atoms with E-state index >= 15 is 0 Å². The molecule has 1 aliphatic heterocycles. The first kappa shape index (κ1) is 17.5. The molecule has 1 amide bonds. The summed E-state index contributed by atoms with van der Waals surface area (Å²) >= 11 is 0. The molecule has 1 aliphatic rings. The molecule has 0 aliphatic carbocycles. The van der Waals surface area contributed by atoms with Gasteiger partial charge >= 0.3 is 0 Å². The number of hydrogen-bond donors (Lipinski definition) is 1. The van der Waals surface area contributed by atoms with Crippen LogP contribution in [0.25, 0.3) is 11.0 Å². The van der Waals surface area contributed by atoms with Gasteiger partial charge in [0.1, 0.15) is 23.7 Å². The number of aromatic nitrogens is 3. The quantitative estimate of drug-likeness (QED) is 0.773. The Morgan fingerprint density at radius 1 is 1.26 bits per heavy atom. The summed E-state index contributed by atoms with van der Waals surface area (Å²) in [5.41, 5.74) is 1.84. The van der Waals surface area contributed by atoms with Crippen molar-refractivity contribution in [3.63, 3.8) is 0 Å². The lowest BCUT2D eigenvalue weighted by molar-refractivity contribution is -0.116. The zero-order valence-electron chi connectivity index (χ0n) is 15.2. The molecule has 7 heteroatoms. The minimum atomic E-state index is -0.494. The first-order chi connectivity index (χ1) is 13.0. The Balaban J connectivity index is 1.70. The number of amides is 1. The maximum atomic E-state index is 13.8. The van der Waals surface area contributed by atoms with E-state index in [4.69, 9.17) is 0 Å². The SMILES string of the molecule is Cc1cc2nc3n(c(=O)c2n1CC(=O)Nc1ccccc1F)CCCCC3.